The molecule has 0 spiro atoms. The topological polar surface area (TPSA) is 32.5 Å². The standard InChI is InChI=1S/C15H31N3/c1-17-10-8-15(13-16,9-11-17)18(2)12-14-6-4-3-5-7-14/h14H,3-13,16H2,1-2H3. The van der Waals surface area contributed by atoms with E-state index in [-0.39, 0.29) is 5.54 Å². The summed E-state index contributed by atoms with van der Waals surface area (Å²) in [5.41, 5.74) is 6.41. The first-order valence-corrected chi connectivity index (χ1v) is 7.76. The van der Waals surface area contributed by atoms with E-state index in [0.29, 0.717) is 0 Å². The number of nitrogens with two attached hydrogens (primary N) is 1. The molecular formula is C15H31N3. The van der Waals surface area contributed by atoms with Gasteiger partial charge in [-0.05, 0) is 58.8 Å². The molecule has 0 unspecified atom stereocenters. The first kappa shape index (κ1) is 14.3. The molecule has 2 aliphatic rings. The van der Waals surface area contributed by atoms with Crippen LogP contribution in [0.25, 0.3) is 0 Å². The van der Waals surface area contributed by atoms with Gasteiger partial charge in [0.2, 0.25) is 0 Å². The highest BCUT2D eigenvalue weighted by Crippen LogP contribution is 2.30. The van der Waals surface area contributed by atoms with Gasteiger partial charge in [0.1, 0.15) is 0 Å². The van der Waals surface area contributed by atoms with Crippen LogP contribution >= 0.6 is 0 Å². The van der Waals surface area contributed by atoms with Crippen molar-refractivity contribution in [3.63, 3.8) is 0 Å². The van der Waals surface area contributed by atoms with Crippen molar-refractivity contribution in [3.05, 3.63) is 0 Å². The maximum Gasteiger partial charge on any atom is 0.0353 e. The van der Waals surface area contributed by atoms with Crippen LogP contribution in [0.1, 0.15) is 44.9 Å². The predicted molar refractivity (Wildman–Crippen MR) is 77.7 cm³/mol. The van der Waals surface area contributed by atoms with Crippen molar-refractivity contribution in [3.8, 4) is 0 Å². The van der Waals surface area contributed by atoms with Gasteiger partial charge in [-0.25, -0.2) is 0 Å². The summed E-state index contributed by atoms with van der Waals surface area (Å²) < 4.78 is 0. The molecule has 1 aliphatic carbocycles. The van der Waals surface area contributed by atoms with E-state index in [1.807, 2.05) is 0 Å². The lowest BCUT2D eigenvalue weighted by Gasteiger charge is -2.47. The molecule has 0 amide bonds. The molecule has 2 rings (SSSR count). The minimum Gasteiger partial charge on any atom is -0.329 e. The van der Waals surface area contributed by atoms with Crippen LogP contribution in [0, 0.1) is 5.92 Å². The van der Waals surface area contributed by atoms with Gasteiger partial charge in [-0.3, -0.25) is 4.90 Å². The molecule has 0 aromatic carbocycles. The molecule has 18 heavy (non-hydrogen) atoms. The largest absolute Gasteiger partial charge is 0.329 e. The number of likely N-dealkylation sites (N-methyl/N-ethyl adjacent to an activating group) is 1. The summed E-state index contributed by atoms with van der Waals surface area (Å²) in [7, 11) is 4.54. The number of hydrogen-bond acceptors (Lipinski definition) is 3. The van der Waals surface area contributed by atoms with Crippen LogP contribution in [0.2, 0.25) is 0 Å². The minimum absolute atomic E-state index is 0.282. The SMILES string of the molecule is CN1CCC(CN)(N(C)CC2CCCCC2)CC1. The van der Waals surface area contributed by atoms with Gasteiger partial charge in [0, 0.05) is 18.6 Å². The first-order chi connectivity index (χ1) is 8.66. The van der Waals surface area contributed by atoms with E-state index in [1.165, 1.54) is 64.6 Å². The third-order valence-electron chi connectivity index (χ3n) is 5.36. The zero-order chi connectivity index (χ0) is 13.0. The maximum absolute atomic E-state index is 6.13. The molecule has 3 nitrogen and oxygen atoms in total. The molecule has 3 heteroatoms. The maximum atomic E-state index is 6.13. The van der Waals surface area contributed by atoms with E-state index >= 15 is 0 Å². The third-order valence-corrected chi connectivity index (χ3v) is 5.36. The Morgan fingerprint density at radius 2 is 1.78 bits per heavy atom. The molecule has 1 aliphatic heterocycles. The Morgan fingerprint density at radius 3 is 2.33 bits per heavy atom. The molecule has 1 saturated heterocycles. The third kappa shape index (κ3) is 3.25. The minimum atomic E-state index is 0.282. The predicted octanol–water partition coefficient (Wildman–Crippen LogP) is 1.92. The van der Waals surface area contributed by atoms with E-state index in [0.717, 1.165) is 12.5 Å². The number of piperidine rings is 1. The highest BCUT2D eigenvalue weighted by atomic mass is 15.2. The smallest absolute Gasteiger partial charge is 0.0353 e. The molecule has 2 N–H and O–H groups in total. The summed E-state index contributed by atoms with van der Waals surface area (Å²) in [5, 5.41) is 0. The lowest BCUT2D eigenvalue weighted by atomic mass is 9.83. The Bertz CT molecular complexity index is 240. The summed E-state index contributed by atoms with van der Waals surface area (Å²) >= 11 is 0. The van der Waals surface area contributed by atoms with Gasteiger partial charge in [-0.2, -0.15) is 0 Å². The van der Waals surface area contributed by atoms with Gasteiger partial charge in [0.05, 0.1) is 0 Å². The summed E-state index contributed by atoms with van der Waals surface area (Å²) in [6.45, 7) is 4.49. The number of nitrogens with zero attached hydrogens (tertiary/aromatic N) is 2. The van der Waals surface area contributed by atoms with Crippen LogP contribution < -0.4 is 5.73 Å². The highest BCUT2D eigenvalue weighted by molar-refractivity contribution is 4.95. The van der Waals surface area contributed by atoms with E-state index < -0.39 is 0 Å². The molecule has 106 valence electrons. The van der Waals surface area contributed by atoms with Gasteiger partial charge >= 0.3 is 0 Å². The van der Waals surface area contributed by atoms with E-state index in [1.54, 1.807) is 0 Å². The monoisotopic (exact) mass is 253 g/mol. The second-order valence-electron chi connectivity index (χ2n) is 6.62. The van der Waals surface area contributed by atoms with Crippen molar-refractivity contribution in [2.45, 2.75) is 50.5 Å². The average Bonchev–Trinajstić information content (AvgIpc) is 2.41. The quantitative estimate of drug-likeness (QED) is 0.831. The fourth-order valence-corrected chi connectivity index (χ4v) is 3.73. The average molecular weight is 253 g/mol. The normalized spacial score (nSPS) is 26.7. The van der Waals surface area contributed by atoms with Gasteiger partial charge in [-0.1, -0.05) is 19.3 Å². The van der Waals surface area contributed by atoms with E-state index in [9.17, 15) is 0 Å². The number of likely N-dealkylation sites (tertiary alicyclic amines) is 1. The molecule has 0 aromatic rings. The Hall–Kier alpha value is -0.120. The van der Waals surface area contributed by atoms with Gasteiger partial charge in [0.15, 0.2) is 0 Å². The molecule has 0 radical (unpaired) electrons. The Kier molecular flexibility index (Phi) is 5.05. The second kappa shape index (κ2) is 6.36. The molecule has 0 aromatic heterocycles. The van der Waals surface area contributed by atoms with Crippen molar-refractivity contribution >= 4 is 0 Å². The van der Waals surface area contributed by atoms with Crippen LogP contribution in [0.5, 0.6) is 0 Å². The summed E-state index contributed by atoms with van der Waals surface area (Å²) in [6.07, 6.45) is 9.68. The lowest BCUT2D eigenvalue weighted by molar-refractivity contribution is 0.0383. The summed E-state index contributed by atoms with van der Waals surface area (Å²) in [4.78, 5) is 5.04. The highest BCUT2D eigenvalue weighted by Gasteiger charge is 2.36. The van der Waals surface area contributed by atoms with Gasteiger partial charge in [0.25, 0.3) is 0 Å². The van der Waals surface area contributed by atoms with Crippen molar-refractivity contribution in [1.82, 2.24) is 9.80 Å². The molecular weight excluding hydrogens is 222 g/mol. The van der Waals surface area contributed by atoms with Crippen molar-refractivity contribution in [2.75, 3.05) is 40.3 Å². The molecule has 0 atom stereocenters. The van der Waals surface area contributed by atoms with Crippen LogP contribution in [0.15, 0.2) is 0 Å². The first-order valence-electron chi connectivity index (χ1n) is 7.76. The van der Waals surface area contributed by atoms with Crippen molar-refractivity contribution in [1.29, 1.82) is 0 Å². The zero-order valence-electron chi connectivity index (χ0n) is 12.3. The van der Waals surface area contributed by atoms with Crippen LogP contribution in [-0.4, -0.2) is 55.6 Å². The van der Waals surface area contributed by atoms with Crippen LogP contribution in [0.4, 0.5) is 0 Å². The summed E-state index contributed by atoms with van der Waals surface area (Å²) in [5.74, 6) is 0.923. The molecule has 0 bridgehead atoms. The molecule has 1 heterocycles. The lowest BCUT2D eigenvalue weighted by Crippen LogP contribution is -2.58. The number of rotatable bonds is 4. The molecule has 1 saturated carbocycles. The van der Waals surface area contributed by atoms with Crippen molar-refractivity contribution in [2.24, 2.45) is 11.7 Å². The Labute approximate surface area is 113 Å². The Morgan fingerprint density at radius 1 is 1.17 bits per heavy atom. The molecule has 2 fully saturated rings. The Balaban J connectivity index is 1.90. The van der Waals surface area contributed by atoms with Gasteiger partial charge < -0.3 is 10.6 Å². The van der Waals surface area contributed by atoms with E-state index in [2.05, 4.69) is 23.9 Å². The second-order valence-corrected chi connectivity index (χ2v) is 6.62. The fourth-order valence-electron chi connectivity index (χ4n) is 3.73. The number of hydrogen-bond donors (Lipinski definition) is 1. The van der Waals surface area contributed by atoms with E-state index in [4.69, 9.17) is 5.73 Å². The van der Waals surface area contributed by atoms with Crippen LogP contribution in [-0.2, 0) is 0 Å². The fraction of sp³-hybridized carbons (Fsp3) is 1.00. The van der Waals surface area contributed by atoms with Crippen molar-refractivity contribution < 1.29 is 0 Å². The zero-order valence-corrected chi connectivity index (χ0v) is 12.3. The van der Waals surface area contributed by atoms with Crippen LogP contribution in [0.3, 0.4) is 0 Å². The van der Waals surface area contributed by atoms with Gasteiger partial charge in [-0.15, -0.1) is 0 Å². The summed E-state index contributed by atoms with van der Waals surface area (Å²) in [6, 6.07) is 0.